The summed E-state index contributed by atoms with van der Waals surface area (Å²) in [5, 5.41) is 0. The maximum absolute atomic E-state index is 5.80. The lowest BCUT2D eigenvalue weighted by Crippen LogP contribution is -2.17. The third kappa shape index (κ3) is 1.33. The van der Waals surface area contributed by atoms with E-state index in [1.807, 2.05) is 0 Å². The molecule has 0 amide bonds. The first-order valence-electron chi connectivity index (χ1n) is 4.45. The molecule has 0 aromatic heterocycles. The molecule has 0 aromatic rings. The van der Waals surface area contributed by atoms with E-state index < -0.39 is 0 Å². The summed E-state index contributed by atoms with van der Waals surface area (Å²) < 4.78 is 0. The predicted octanol–water partition coefficient (Wildman–Crippen LogP) is 3.92. The quantitative estimate of drug-likeness (QED) is 0.571. The Morgan fingerprint density at radius 1 is 1.33 bits per heavy atom. The number of alkyl halides is 1. The molecular weight excluding hydrogens is 168 g/mol. The van der Waals surface area contributed by atoms with Gasteiger partial charge in [0.1, 0.15) is 0 Å². The van der Waals surface area contributed by atoms with Gasteiger partial charge in [-0.2, -0.15) is 0 Å². The molecule has 12 heavy (non-hydrogen) atoms. The van der Waals surface area contributed by atoms with Gasteiger partial charge in [-0.15, -0.1) is 11.6 Å². The molecule has 0 N–H and O–H groups in total. The molecule has 0 heterocycles. The molecule has 0 saturated heterocycles. The van der Waals surface area contributed by atoms with E-state index in [4.69, 9.17) is 11.6 Å². The van der Waals surface area contributed by atoms with E-state index in [-0.39, 0.29) is 5.41 Å². The molecule has 0 fully saturated rings. The van der Waals surface area contributed by atoms with Crippen molar-refractivity contribution in [2.75, 3.05) is 5.88 Å². The average molecular weight is 185 g/mol. The summed E-state index contributed by atoms with van der Waals surface area (Å²) in [5.41, 5.74) is 4.60. The first-order chi connectivity index (χ1) is 5.52. The lowest BCUT2D eigenvalue weighted by molar-refractivity contribution is 0.472. The average Bonchev–Trinajstić information content (AvgIpc) is 2.17. The van der Waals surface area contributed by atoms with E-state index in [9.17, 15) is 0 Å². The third-order valence-corrected chi connectivity index (χ3v) is 3.51. The van der Waals surface area contributed by atoms with Crippen LogP contribution in [0.25, 0.3) is 0 Å². The van der Waals surface area contributed by atoms with Gasteiger partial charge in [0, 0.05) is 11.3 Å². The molecule has 1 unspecified atom stereocenters. The van der Waals surface area contributed by atoms with Gasteiger partial charge in [0.25, 0.3) is 0 Å². The number of hydrogen-bond donors (Lipinski definition) is 0. The number of halogens is 1. The highest BCUT2D eigenvalue weighted by atomic mass is 35.5. The van der Waals surface area contributed by atoms with Gasteiger partial charge in [0.15, 0.2) is 0 Å². The van der Waals surface area contributed by atoms with Crippen LogP contribution in [0.4, 0.5) is 0 Å². The van der Waals surface area contributed by atoms with E-state index in [0.29, 0.717) is 0 Å². The van der Waals surface area contributed by atoms with Crippen molar-refractivity contribution in [1.82, 2.24) is 0 Å². The Morgan fingerprint density at radius 3 is 2.25 bits per heavy atom. The Morgan fingerprint density at radius 2 is 1.92 bits per heavy atom. The highest BCUT2D eigenvalue weighted by Gasteiger charge is 2.32. The molecule has 1 aliphatic carbocycles. The van der Waals surface area contributed by atoms with Gasteiger partial charge in [-0.3, -0.25) is 0 Å². The van der Waals surface area contributed by atoms with Crippen LogP contribution >= 0.6 is 11.6 Å². The van der Waals surface area contributed by atoms with Gasteiger partial charge in [0.2, 0.25) is 0 Å². The van der Waals surface area contributed by atoms with E-state index >= 15 is 0 Å². The van der Waals surface area contributed by atoms with Crippen molar-refractivity contribution >= 4 is 11.6 Å². The predicted molar refractivity (Wildman–Crippen MR) is 55.6 cm³/mol. The van der Waals surface area contributed by atoms with Crippen molar-refractivity contribution in [3.05, 3.63) is 22.8 Å². The number of rotatable bonds is 2. The van der Waals surface area contributed by atoms with Gasteiger partial charge >= 0.3 is 0 Å². The molecule has 0 bridgehead atoms. The van der Waals surface area contributed by atoms with Crippen LogP contribution in [-0.4, -0.2) is 5.88 Å². The molecule has 0 radical (unpaired) electrons. The summed E-state index contributed by atoms with van der Waals surface area (Å²) in [6.45, 7) is 8.88. The Balaban J connectivity index is 2.98. The minimum atomic E-state index is 0.242. The summed E-state index contributed by atoms with van der Waals surface area (Å²) in [7, 11) is 0. The van der Waals surface area contributed by atoms with Crippen molar-refractivity contribution in [2.24, 2.45) is 5.41 Å². The molecule has 1 aliphatic rings. The minimum Gasteiger partial charge on any atom is -0.127 e. The highest BCUT2D eigenvalue weighted by Crippen LogP contribution is 2.45. The lowest BCUT2D eigenvalue weighted by atomic mass is 9.77. The summed E-state index contributed by atoms with van der Waals surface area (Å²) >= 11 is 5.80. The Labute approximate surface area is 80.3 Å². The monoisotopic (exact) mass is 184 g/mol. The molecule has 68 valence electrons. The Bertz CT molecular complexity index is 248. The number of hydrogen-bond acceptors (Lipinski definition) is 0. The zero-order valence-electron chi connectivity index (χ0n) is 8.37. The lowest BCUT2D eigenvalue weighted by Gasteiger charge is -2.28. The van der Waals surface area contributed by atoms with Crippen LogP contribution in [0.3, 0.4) is 0 Å². The minimum absolute atomic E-state index is 0.242. The van der Waals surface area contributed by atoms with E-state index in [0.717, 1.165) is 12.3 Å². The highest BCUT2D eigenvalue weighted by molar-refractivity contribution is 6.17. The van der Waals surface area contributed by atoms with Crippen molar-refractivity contribution in [3.8, 4) is 0 Å². The second-order valence-corrected chi connectivity index (χ2v) is 4.28. The second kappa shape index (κ2) is 3.26. The first-order valence-corrected chi connectivity index (χ1v) is 4.98. The fourth-order valence-corrected chi connectivity index (χ4v) is 2.27. The molecule has 1 rings (SSSR count). The fourth-order valence-electron chi connectivity index (χ4n) is 1.90. The van der Waals surface area contributed by atoms with Crippen molar-refractivity contribution in [2.45, 2.75) is 34.1 Å². The van der Waals surface area contributed by atoms with Crippen LogP contribution in [0, 0.1) is 5.41 Å². The van der Waals surface area contributed by atoms with Gasteiger partial charge in [-0.25, -0.2) is 0 Å². The standard InChI is InChI=1S/C11H17Cl/c1-8-7-9(2)11(4,5-6-12)10(8)3/h7H,5-6H2,1-4H3. The first kappa shape index (κ1) is 9.85. The fraction of sp³-hybridized carbons (Fsp3) is 0.636. The van der Waals surface area contributed by atoms with Crippen LogP contribution in [0.2, 0.25) is 0 Å². The van der Waals surface area contributed by atoms with Crippen LogP contribution in [0.15, 0.2) is 22.8 Å². The second-order valence-electron chi connectivity index (χ2n) is 3.91. The van der Waals surface area contributed by atoms with Crippen LogP contribution in [0.5, 0.6) is 0 Å². The Hall–Kier alpha value is -0.230. The van der Waals surface area contributed by atoms with Gasteiger partial charge in [-0.1, -0.05) is 29.7 Å². The van der Waals surface area contributed by atoms with Crippen LogP contribution in [-0.2, 0) is 0 Å². The maximum Gasteiger partial charge on any atom is 0.0234 e. The molecule has 1 heteroatoms. The zero-order chi connectivity index (χ0) is 9.35. The van der Waals surface area contributed by atoms with E-state index in [1.165, 1.54) is 16.7 Å². The molecule has 0 spiro atoms. The number of allylic oxidation sites excluding steroid dienone is 4. The summed E-state index contributed by atoms with van der Waals surface area (Å²) in [4.78, 5) is 0. The Kier molecular flexibility index (Phi) is 2.67. The molecular formula is C11H17Cl. The molecule has 0 aliphatic heterocycles. The summed E-state index contributed by atoms with van der Waals surface area (Å²) in [6, 6.07) is 0. The summed E-state index contributed by atoms with van der Waals surface area (Å²) in [6.07, 6.45) is 3.34. The topological polar surface area (TPSA) is 0 Å². The van der Waals surface area contributed by atoms with Crippen molar-refractivity contribution in [1.29, 1.82) is 0 Å². The normalized spacial score (nSPS) is 29.6. The van der Waals surface area contributed by atoms with Gasteiger partial charge in [0.05, 0.1) is 0 Å². The van der Waals surface area contributed by atoms with E-state index in [1.54, 1.807) is 0 Å². The van der Waals surface area contributed by atoms with Crippen molar-refractivity contribution in [3.63, 3.8) is 0 Å². The third-order valence-electron chi connectivity index (χ3n) is 3.32. The van der Waals surface area contributed by atoms with Crippen LogP contribution in [0.1, 0.15) is 34.1 Å². The van der Waals surface area contributed by atoms with Crippen LogP contribution < -0.4 is 0 Å². The SMILES string of the molecule is CC1=CC(C)=C(C)C1(C)CCCl. The zero-order valence-corrected chi connectivity index (χ0v) is 9.13. The molecule has 0 saturated carbocycles. The molecule has 1 atom stereocenters. The molecule has 0 nitrogen and oxygen atoms in total. The summed E-state index contributed by atoms with van der Waals surface area (Å²) in [5.74, 6) is 0.742. The van der Waals surface area contributed by atoms with Gasteiger partial charge in [-0.05, 0) is 27.2 Å². The van der Waals surface area contributed by atoms with E-state index in [2.05, 4.69) is 33.8 Å². The van der Waals surface area contributed by atoms with Crippen molar-refractivity contribution < 1.29 is 0 Å². The smallest absolute Gasteiger partial charge is 0.0234 e. The van der Waals surface area contributed by atoms with Gasteiger partial charge < -0.3 is 0 Å². The maximum atomic E-state index is 5.80. The largest absolute Gasteiger partial charge is 0.127 e. The molecule has 0 aromatic carbocycles.